The molecule has 0 bridgehead atoms. The van der Waals surface area contributed by atoms with Crippen molar-refractivity contribution >= 4 is 39.5 Å². The summed E-state index contributed by atoms with van der Waals surface area (Å²) in [4.78, 5) is 25.0. The topological polar surface area (TPSA) is 88.8 Å². The Balaban J connectivity index is 1.46. The van der Waals surface area contributed by atoms with Gasteiger partial charge < -0.3 is 0 Å². The lowest BCUT2D eigenvalue weighted by atomic mass is 9.97. The minimum atomic E-state index is -0.322. The smallest absolute Gasteiger partial charge is 0.267 e. The number of H-pyrrole nitrogens is 1. The zero-order valence-electron chi connectivity index (χ0n) is 19.1. The summed E-state index contributed by atoms with van der Waals surface area (Å²) in [6.45, 7) is 0. The van der Waals surface area contributed by atoms with Crippen LogP contribution in [0.5, 0.6) is 0 Å². The van der Waals surface area contributed by atoms with Gasteiger partial charge in [-0.25, -0.2) is 14.4 Å². The summed E-state index contributed by atoms with van der Waals surface area (Å²) in [6.07, 6.45) is 7.20. The largest absolute Gasteiger partial charge is 0.283 e. The van der Waals surface area contributed by atoms with Crippen LogP contribution < -0.4 is 5.56 Å². The number of nitrogens with zero attached hydrogens (tertiary/aromatic N) is 5. The molecule has 6 rings (SSSR count). The Hall–Kier alpha value is -3.63. The average Bonchev–Trinajstić information content (AvgIpc) is 3.56. The molecule has 0 fully saturated rings. The number of thioether (sulfide) groups is 1. The van der Waals surface area contributed by atoms with Crippen LogP contribution in [0.2, 0.25) is 0 Å². The second kappa shape index (κ2) is 9.79. The van der Waals surface area contributed by atoms with E-state index in [1.54, 1.807) is 36.0 Å². The van der Waals surface area contributed by atoms with Gasteiger partial charge in [0.2, 0.25) is 5.16 Å². The van der Waals surface area contributed by atoms with Gasteiger partial charge in [-0.3, -0.25) is 9.89 Å². The van der Waals surface area contributed by atoms with Gasteiger partial charge >= 0.3 is 0 Å². The summed E-state index contributed by atoms with van der Waals surface area (Å²) in [6, 6.07) is 13.9. The van der Waals surface area contributed by atoms with E-state index in [2.05, 4.69) is 20.3 Å². The summed E-state index contributed by atoms with van der Waals surface area (Å²) in [5.41, 5.74) is 3.49. The maximum Gasteiger partial charge on any atom is 0.283 e. The number of hydrogen-bond acceptors (Lipinski definition) is 7. The van der Waals surface area contributed by atoms with Crippen molar-refractivity contribution in [3.63, 3.8) is 0 Å². The fraction of sp³-hybridized carbons (Fsp3) is 0.192. The molecule has 1 aliphatic carbocycles. The van der Waals surface area contributed by atoms with Gasteiger partial charge in [-0.2, -0.15) is 9.78 Å². The summed E-state index contributed by atoms with van der Waals surface area (Å²) in [5.74, 6) is 0.830. The summed E-state index contributed by atoms with van der Waals surface area (Å²) in [7, 11) is 0. The van der Waals surface area contributed by atoms with Crippen LogP contribution >= 0.6 is 23.1 Å². The predicted octanol–water partition coefficient (Wildman–Crippen LogP) is 5.44. The Labute approximate surface area is 214 Å². The van der Waals surface area contributed by atoms with Crippen LogP contribution in [0, 0.1) is 5.82 Å². The third-order valence-corrected chi connectivity index (χ3v) is 8.22. The van der Waals surface area contributed by atoms with Gasteiger partial charge in [-0.15, -0.1) is 16.4 Å². The second-order valence-electron chi connectivity index (χ2n) is 8.51. The number of hydrogen-bond donors (Lipinski definition) is 1. The van der Waals surface area contributed by atoms with Crippen LogP contribution in [0.3, 0.4) is 0 Å². The number of benzene rings is 2. The molecule has 0 unspecified atom stereocenters. The molecule has 0 saturated carbocycles. The molecule has 2 aromatic carbocycles. The lowest BCUT2D eigenvalue weighted by molar-refractivity contribution is 0.628. The van der Waals surface area contributed by atoms with Crippen molar-refractivity contribution in [2.75, 3.05) is 0 Å². The van der Waals surface area contributed by atoms with Crippen LogP contribution in [-0.4, -0.2) is 31.1 Å². The van der Waals surface area contributed by atoms with Crippen LogP contribution in [0.1, 0.15) is 34.4 Å². The minimum Gasteiger partial charge on any atom is -0.267 e. The third-order valence-electron chi connectivity index (χ3n) is 6.11. The van der Waals surface area contributed by atoms with Gasteiger partial charge in [-0.05, 0) is 60.6 Å². The molecule has 0 atom stereocenters. The number of aryl methyl sites for hydroxylation is 2. The normalized spacial score (nSPS) is 13.5. The first-order valence-corrected chi connectivity index (χ1v) is 13.4. The number of thiophene rings is 1. The van der Waals surface area contributed by atoms with E-state index in [0.717, 1.165) is 47.2 Å². The molecule has 1 N–H and O–H groups in total. The lowest BCUT2D eigenvalue weighted by Gasteiger charge is -2.11. The maximum atomic E-state index is 13.8. The molecule has 3 aromatic heterocycles. The predicted molar refractivity (Wildman–Crippen MR) is 141 cm³/mol. The van der Waals surface area contributed by atoms with Crippen LogP contribution in [-0.2, 0) is 18.6 Å². The molecule has 0 saturated heterocycles. The molecule has 1 aliphatic rings. The maximum absolute atomic E-state index is 13.8. The number of nitrogens with one attached hydrogen (secondary N) is 1. The van der Waals surface area contributed by atoms with Crippen molar-refractivity contribution in [3.05, 3.63) is 92.6 Å². The van der Waals surface area contributed by atoms with Gasteiger partial charge in [0, 0.05) is 16.2 Å². The Bertz CT molecular complexity index is 1620. The summed E-state index contributed by atoms with van der Waals surface area (Å²) >= 11 is 3.14. The fourth-order valence-corrected chi connectivity index (χ4v) is 6.35. The molecule has 10 heteroatoms. The highest BCUT2D eigenvalue weighted by Crippen LogP contribution is 2.35. The highest BCUT2D eigenvalue weighted by Gasteiger charge is 2.22. The molecule has 7 nitrogen and oxygen atoms in total. The number of rotatable bonds is 6. The molecule has 180 valence electrons. The number of aromatic amines is 1. The number of aromatic nitrogens is 5. The summed E-state index contributed by atoms with van der Waals surface area (Å²) in [5, 5.41) is 12.7. The van der Waals surface area contributed by atoms with E-state index >= 15 is 0 Å². The molecule has 3 heterocycles. The first-order valence-electron chi connectivity index (χ1n) is 11.6. The standard InChI is InChI=1S/C26H21FN6OS2/c27-19-10-8-16(9-11-19)13-30-33-23(18-5-3-4-17(12-18)14-35-26-28-15-29-32-26)31-24-22(25(33)34)20-6-1-2-7-21(20)36-24/h3-5,8-13,15H,1-2,6-7,14H2,(H,28,29,32)/b30-13+. The van der Waals surface area contributed by atoms with Gasteiger partial charge in [0.05, 0.1) is 11.6 Å². The zero-order valence-corrected chi connectivity index (χ0v) is 20.8. The Kier molecular flexibility index (Phi) is 6.20. The molecule has 36 heavy (non-hydrogen) atoms. The van der Waals surface area contributed by atoms with Crippen LogP contribution in [0.25, 0.3) is 21.6 Å². The minimum absolute atomic E-state index is 0.173. The van der Waals surface area contributed by atoms with Crippen LogP contribution in [0.4, 0.5) is 4.39 Å². The highest BCUT2D eigenvalue weighted by atomic mass is 32.2. The molecule has 0 radical (unpaired) electrons. The summed E-state index contributed by atoms with van der Waals surface area (Å²) < 4.78 is 14.8. The monoisotopic (exact) mass is 516 g/mol. The quantitative estimate of drug-likeness (QED) is 0.240. The average molecular weight is 517 g/mol. The zero-order chi connectivity index (χ0) is 24.5. The van der Waals surface area contributed by atoms with E-state index in [-0.39, 0.29) is 11.4 Å². The Morgan fingerprint density at radius 1 is 1.17 bits per heavy atom. The highest BCUT2D eigenvalue weighted by molar-refractivity contribution is 7.98. The molecular formula is C26H21FN6OS2. The van der Waals surface area contributed by atoms with E-state index in [9.17, 15) is 9.18 Å². The first-order chi connectivity index (χ1) is 17.7. The molecule has 0 aliphatic heterocycles. The van der Waals surface area contributed by atoms with Crippen molar-refractivity contribution in [3.8, 4) is 11.4 Å². The SMILES string of the molecule is O=c1c2c3c(sc2nc(-c2cccc(CSc4nc[nH]n4)c2)n1/N=C/c1ccc(F)cc1)CCCC3. The van der Waals surface area contributed by atoms with Crippen molar-refractivity contribution in [1.29, 1.82) is 0 Å². The van der Waals surface area contributed by atoms with Crippen molar-refractivity contribution in [1.82, 2.24) is 24.8 Å². The molecule has 0 spiro atoms. The number of halogens is 1. The third kappa shape index (κ3) is 4.49. The van der Waals surface area contributed by atoms with E-state index in [0.29, 0.717) is 27.7 Å². The van der Waals surface area contributed by atoms with Crippen molar-refractivity contribution in [2.24, 2.45) is 5.10 Å². The Morgan fingerprint density at radius 2 is 2.03 bits per heavy atom. The van der Waals surface area contributed by atoms with Crippen molar-refractivity contribution in [2.45, 2.75) is 36.6 Å². The van der Waals surface area contributed by atoms with E-state index in [4.69, 9.17) is 4.98 Å². The van der Waals surface area contributed by atoms with Crippen LogP contribution in [0.15, 0.2) is 69.9 Å². The molecular weight excluding hydrogens is 495 g/mol. The lowest BCUT2D eigenvalue weighted by Crippen LogP contribution is -2.21. The molecule has 0 amide bonds. The molecule has 5 aromatic rings. The fourth-order valence-electron chi connectivity index (χ4n) is 4.38. The van der Waals surface area contributed by atoms with E-state index in [1.807, 2.05) is 24.3 Å². The van der Waals surface area contributed by atoms with Gasteiger partial charge in [0.25, 0.3) is 5.56 Å². The van der Waals surface area contributed by atoms with Gasteiger partial charge in [0.15, 0.2) is 5.82 Å². The van der Waals surface area contributed by atoms with E-state index < -0.39 is 0 Å². The Morgan fingerprint density at radius 3 is 2.86 bits per heavy atom. The van der Waals surface area contributed by atoms with E-state index in [1.165, 1.54) is 33.4 Å². The first kappa shape index (κ1) is 22.8. The second-order valence-corrected chi connectivity index (χ2v) is 10.5. The van der Waals surface area contributed by atoms with Gasteiger partial charge in [0.1, 0.15) is 17.0 Å². The number of fused-ring (bicyclic) bond motifs is 3. The van der Waals surface area contributed by atoms with Gasteiger partial charge in [-0.1, -0.05) is 42.1 Å². The van der Waals surface area contributed by atoms with Crippen molar-refractivity contribution < 1.29 is 4.39 Å².